The van der Waals surface area contributed by atoms with Gasteiger partial charge in [0.25, 0.3) is 8.32 Å². The van der Waals surface area contributed by atoms with Gasteiger partial charge in [0, 0.05) is 6.42 Å². The Morgan fingerprint density at radius 1 is 0.839 bits per heavy atom. The van der Waals surface area contributed by atoms with Gasteiger partial charge >= 0.3 is 0 Å². The van der Waals surface area contributed by atoms with Gasteiger partial charge in [0.2, 0.25) is 0 Å². The molecule has 1 heterocycles. The van der Waals surface area contributed by atoms with Gasteiger partial charge in [-0.05, 0) is 26.5 Å². The molecule has 3 aromatic carbocycles. The van der Waals surface area contributed by atoms with Gasteiger partial charge in [-0.25, -0.2) is 0 Å². The van der Waals surface area contributed by atoms with Crippen LogP contribution in [-0.4, -0.2) is 21.0 Å². The summed E-state index contributed by atoms with van der Waals surface area (Å²) in [6, 6.07) is 31.9. The van der Waals surface area contributed by atoms with Crippen molar-refractivity contribution in [3.8, 4) is 0 Å². The zero-order valence-corrected chi connectivity index (χ0v) is 19.8. The average molecular weight is 429 g/mol. The molecule has 0 spiro atoms. The summed E-state index contributed by atoms with van der Waals surface area (Å²) in [4.78, 5) is 0. The van der Waals surface area contributed by atoms with Crippen molar-refractivity contribution in [2.75, 3.05) is 6.61 Å². The van der Waals surface area contributed by atoms with Gasteiger partial charge in [-0.1, -0.05) is 118 Å². The van der Waals surface area contributed by atoms with Crippen molar-refractivity contribution in [2.24, 2.45) is 0 Å². The number of hydrogen-bond donors (Lipinski definition) is 0. The van der Waals surface area contributed by atoms with E-state index in [4.69, 9.17) is 9.16 Å². The fraction of sp³-hybridized carbons (Fsp3) is 0.286. The third kappa shape index (κ3) is 4.31. The van der Waals surface area contributed by atoms with E-state index >= 15 is 0 Å². The van der Waals surface area contributed by atoms with Gasteiger partial charge in [-0.15, -0.1) is 0 Å². The van der Waals surface area contributed by atoms with Crippen LogP contribution in [0.2, 0.25) is 5.04 Å². The van der Waals surface area contributed by atoms with E-state index in [1.165, 1.54) is 15.9 Å². The van der Waals surface area contributed by atoms with E-state index in [1.807, 2.05) is 6.07 Å². The Morgan fingerprint density at radius 2 is 1.32 bits per heavy atom. The van der Waals surface area contributed by atoms with Crippen LogP contribution in [0.15, 0.2) is 103 Å². The Morgan fingerprint density at radius 3 is 1.81 bits per heavy atom. The number of ether oxygens (including phenoxy) is 1. The predicted octanol–water partition coefficient (Wildman–Crippen LogP) is 5.65. The highest BCUT2D eigenvalue weighted by Gasteiger charge is 2.50. The maximum Gasteiger partial charge on any atom is 0.261 e. The molecule has 160 valence electrons. The number of rotatable bonds is 6. The highest BCUT2D eigenvalue weighted by molar-refractivity contribution is 6.99. The Balaban J connectivity index is 1.65. The van der Waals surface area contributed by atoms with Crippen molar-refractivity contribution in [1.29, 1.82) is 0 Å². The van der Waals surface area contributed by atoms with Gasteiger partial charge in [-0.3, -0.25) is 0 Å². The molecule has 0 saturated carbocycles. The van der Waals surface area contributed by atoms with Gasteiger partial charge in [0.1, 0.15) is 6.10 Å². The van der Waals surface area contributed by atoms with E-state index in [2.05, 4.69) is 112 Å². The smallest absolute Gasteiger partial charge is 0.261 e. The first-order valence-corrected chi connectivity index (χ1v) is 13.0. The minimum atomic E-state index is -2.57. The summed E-state index contributed by atoms with van der Waals surface area (Å²) in [5, 5.41) is 2.53. The van der Waals surface area contributed by atoms with E-state index in [0.717, 1.165) is 12.0 Å². The fourth-order valence-electron chi connectivity index (χ4n) is 4.70. The van der Waals surface area contributed by atoms with Crippen molar-refractivity contribution in [3.05, 3.63) is 109 Å². The number of benzene rings is 3. The van der Waals surface area contributed by atoms with Crippen molar-refractivity contribution in [3.63, 3.8) is 0 Å². The van der Waals surface area contributed by atoms with Crippen LogP contribution in [0, 0.1) is 0 Å². The zero-order valence-electron chi connectivity index (χ0n) is 18.8. The second-order valence-corrected chi connectivity index (χ2v) is 13.7. The average Bonchev–Trinajstić information content (AvgIpc) is 3.16. The van der Waals surface area contributed by atoms with Crippen LogP contribution < -0.4 is 10.4 Å². The van der Waals surface area contributed by atoms with Crippen LogP contribution in [0.1, 0.15) is 38.9 Å². The first kappa shape index (κ1) is 21.8. The summed E-state index contributed by atoms with van der Waals surface area (Å²) in [6.45, 7) is 11.8. The second kappa shape index (κ2) is 8.95. The quantitative estimate of drug-likeness (QED) is 0.373. The molecule has 1 fully saturated rings. The molecule has 31 heavy (non-hydrogen) atoms. The molecule has 1 aliphatic heterocycles. The lowest BCUT2D eigenvalue weighted by molar-refractivity contribution is 0.0235. The molecule has 0 N–H and O–H groups in total. The normalized spacial score (nSPS) is 19.5. The molecule has 0 radical (unpaired) electrons. The third-order valence-electron chi connectivity index (χ3n) is 6.27. The molecule has 0 bridgehead atoms. The summed E-state index contributed by atoms with van der Waals surface area (Å²) >= 11 is 0. The van der Waals surface area contributed by atoms with E-state index in [0.29, 0.717) is 6.61 Å². The van der Waals surface area contributed by atoms with Gasteiger partial charge < -0.3 is 9.16 Å². The first-order chi connectivity index (χ1) is 14.9. The molecule has 3 heteroatoms. The minimum absolute atomic E-state index is 0.0471. The Bertz CT molecular complexity index is 954. The summed E-state index contributed by atoms with van der Waals surface area (Å²) in [6.07, 6.45) is 0.812. The van der Waals surface area contributed by atoms with E-state index in [9.17, 15) is 0 Å². The second-order valence-electron chi connectivity index (χ2n) is 9.36. The molecule has 1 aliphatic rings. The molecule has 1 saturated heterocycles. The molecular weight excluding hydrogens is 396 g/mol. The summed E-state index contributed by atoms with van der Waals surface area (Å²) < 4.78 is 13.5. The minimum Gasteiger partial charge on any atom is -0.404 e. The standard InChI is InChI=1S/C28H32O2Si/c1-22-20-26(23-14-8-5-9-15-23)30-27(22)21-29-31(28(2,3)4,24-16-10-6-11-17-24)25-18-12-7-13-19-25/h5-19,26-27H,1,20-21H2,2-4H3/t26-,27-/m1/s1. The summed E-state index contributed by atoms with van der Waals surface area (Å²) in [7, 11) is -2.57. The van der Waals surface area contributed by atoms with Crippen LogP contribution >= 0.6 is 0 Å². The Kier molecular flexibility index (Phi) is 6.28. The fourth-order valence-corrected chi connectivity index (χ4v) is 9.25. The first-order valence-electron chi connectivity index (χ1n) is 11.0. The van der Waals surface area contributed by atoms with Gasteiger partial charge in [0.15, 0.2) is 0 Å². The lowest BCUT2D eigenvalue weighted by atomic mass is 10.0. The van der Waals surface area contributed by atoms with Crippen molar-refractivity contribution >= 4 is 18.7 Å². The summed E-state index contributed by atoms with van der Waals surface area (Å²) in [5.41, 5.74) is 2.32. The third-order valence-corrected chi connectivity index (χ3v) is 11.3. The zero-order chi connectivity index (χ0) is 21.9. The number of hydrogen-bond acceptors (Lipinski definition) is 2. The highest BCUT2D eigenvalue weighted by atomic mass is 28.4. The molecule has 4 rings (SSSR count). The van der Waals surface area contributed by atoms with Crippen LogP contribution in [0.3, 0.4) is 0 Å². The maximum absolute atomic E-state index is 7.06. The van der Waals surface area contributed by atoms with E-state index in [-0.39, 0.29) is 17.2 Å². The lowest BCUT2D eigenvalue weighted by Crippen LogP contribution is -2.67. The van der Waals surface area contributed by atoms with Crippen molar-refractivity contribution in [2.45, 2.75) is 44.4 Å². The van der Waals surface area contributed by atoms with Crippen LogP contribution in [0.25, 0.3) is 0 Å². The van der Waals surface area contributed by atoms with E-state index in [1.54, 1.807) is 0 Å². The molecule has 3 aromatic rings. The van der Waals surface area contributed by atoms with Crippen molar-refractivity contribution < 1.29 is 9.16 Å². The predicted molar refractivity (Wildman–Crippen MR) is 131 cm³/mol. The highest BCUT2D eigenvalue weighted by Crippen LogP contribution is 2.39. The Hall–Kier alpha value is -2.46. The van der Waals surface area contributed by atoms with Gasteiger partial charge in [0.05, 0.1) is 12.7 Å². The van der Waals surface area contributed by atoms with Crippen molar-refractivity contribution in [1.82, 2.24) is 0 Å². The SMILES string of the molecule is C=C1C[C@H](c2ccccc2)O[C@@H]1CO[Si](c1ccccc1)(c1ccccc1)C(C)(C)C. The molecule has 0 aliphatic carbocycles. The van der Waals surface area contributed by atoms with Gasteiger partial charge in [-0.2, -0.15) is 0 Å². The van der Waals surface area contributed by atoms with Crippen LogP contribution in [0.4, 0.5) is 0 Å². The molecule has 0 unspecified atom stereocenters. The van der Waals surface area contributed by atoms with E-state index < -0.39 is 8.32 Å². The molecule has 0 amide bonds. The molecule has 2 nitrogen and oxygen atoms in total. The molecule has 2 atom stereocenters. The maximum atomic E-state index is 7.06. The largest absolute Gasteiger partial charge is 0.404 e. The Labute approximate surface area is 187 Å². The monoisotopic (exact) mass is 428 g/mol. The van der Waals surface area contributed by atoms with Crippen LogP contribution in [-0.2, 0) is 9.16 Å². The summed E-state index contributed by atoms with van der Waals surface area (Å²) in [5.74, 6) is 0. The topological polar surface area (TPSA) is 18.5 Å². The lowest BCUT2D eigenvalue weighted by Gasteiger charge is -2.43. The van der Waals surface area contributed by atoms with Crippen LogP contribution in [0.5, 0.6) is 0 Å². The molecule has 0 aromatic heterocycles. The molecular formula is C28H32O2Si.